The number of ether oxygens (including phenoxy) is 1. The van der Waals surface area contributed by atoms with Crippen molar-refractivity contribution in [3.8, 4) is 5.75 Å². The first-order chi connectivity index (χ1) is 13.5. The summed E-state index contributed by atoms with van der Waals surface area (Å²) >= 11 is 0. The van der Waals surface area contributed by atoms with Crippen LogP contribution >= 0.6 is 0 Å². The molecule has 0 aliphatic heterocycles. The minimum atomic E-state index is -0.183. The van der Waals surface area contributed by atoms with Crippen molar-refractivity contribution in [2.45, 2.75) is 27.7 Å². The van der Waals surface area contributed by atoms with Gasteiger partial charge in [-0.05, 0) is 69.2 Å². The Morgan fingerprint density at radius 3 is 2.29 bits per heavy atom. The van der Waals surface area contributed by atoms with Crippen LogP contribution in [0.25, 0.3) is 0 Å². The van der Waals surface area contributed by atoms with E-state index in [2.05, 4.69) is 27.8 Å². The first-order valence-electron chi connectivity index (χ1n) is 9.30. The fraction of sp³-hybridized carbons (Fsp3) is 0.217. The number of pyridine rings is 1. The highest BCUT2D eigenvalue weighted by Crippen LogP contribution is 2.24. The number of benzene rings is 2. The van der Waals surface area contributed by atoms with E-state index in [0.29, 0.717) is 12.2 Å². The van der Waals surface area contributed by atoms with E-state index >= 15 is 0 Å². The van der Waals surface area contributed by atoms with Gasteiger partial charge in [0, 0.05) is 17.6 Å². The van der Waals surface area contributed by atoms with Gasteiger partial charge in [0.1, 0.15) is 5.75 Å². The van der Waals surface area contributed by atoms with Gasteiger partial charge in [-0.1, -0.05) is 17.7 Å². The molecule has 0 unspecified atom stereocenters. The molecule has 28 heavy (non-hydrogen) atoms. The second kappa shape index (κ2) is 8.57. The number of anilines is 3. The Bertz CT molecular complexity index is 958. The van der Waals surface area contributed by atoms with Crippen molar-refractivity contribution in [2.75, 3.05) is 17.2 Å². The van der Waals surface area contributed by atoms with Gasteiger partial charge >= 0.3 is 0 Å². The second-order valence-electron chi connectivity index (χ2n) is 6.77. The number of carbonyl (C=O) groups excluding carboxylic acids is 1. The molecule has 3 rings (SSSR count). The quantitative estimate of drug-likeness (QED) is 0.605. The third-order valence-electron chi connectivity index (χ3n) is 4.37. The zero-order chi connectivity index (χ0) is 20.1. The Morgan fingerprint density at radius 1 is 0.964 bits per heavy atom. The zero-order valence-corrected chi connectivity index (χ0v) is 16.7. The third kappa shape index (κ3) is 4.68. The van der Waals surface area contributed by atoms with Crippen molar-refractivity contribution in [3.63, 3.8) is 0 Å². The molecular weight excluding hydrogens is 350 g/mol. The van der Waals surface area contributed by atoms with Crippen molar-refractivity contribution in [1.82, 2.24) is 4.98 Å². The minimum absolute atomic E-state index is 0.183. The Labute approximate surface area is 165 Å². The normalized spacial score (nSPS) is 10.4. The predicted molar refractivity (Wildman–Crippen MR) is 114 cm³/mol. The van der Waals surface area contributed by atoms with Crippen LogP contribution in [0.1, 0.15) is 34.0 Å². The number of nitrogens with one attached hydrogen (secondary N) is 2. The summed E-state index contributed by atoms with van der Waals surface area (Å²) in [5, 5.41) is 6.28. The Hall–Kier alpha value is -3.34. The third-order valence-corrected chi connectivity index (χ3v) is 4.37. The summed E-state index contributed by atoms with van der Waals surface area (Å²) in [7, 11) is 0. The second-order valence-corrected chi connectivity index (χ2v) is 6.77. The lowest BCUT2D eigenvalue weighted by atomic mass is 10.0. The number of aromatic nitrogens is 1. The Morgan fingerprint density at radius 2 is 1.64 bits per heavy atom. The van der Waals surface area contributed by atoms with Crippen LogP contribution in [-0.2, 0) is 0 Å². The van der Waals surface area contributed by atoms with Crippen LogP contribution in [0.15, 0.2) is 54.9 Å². The van der Waals surface area contributed by atoms with Crippen LogP contribution in [0.5, 0.6) is 5.75 Å². The average molecular weight is 375 g/mol. The number of carbonyl (C=O) groups is 1. The first-order valence-corrected chi connectivity index (χ1v) is 9.30. The van der Waals surface area contributed by atoms with Crippen LogP contribution in [-0.4, -0.2) is 17.5 Å². The summed E-state index contributed by atoms with van der Waals surface area (Å²) in [6.45, 7) is 8.63. The van der Waals surface area contributed by atoms with Crippen LogP contribution in [0.2, 0.25) is 0 Å². The molecule has 0 bridgehead atoms. The van der Waals surface area contributed by atoms with E-state index in [1.165, 1.54) is 5.56 Å². The van der Waals surface area contributed by atoms with Crippen molar-refractivity contribution in [3.05, 3.63) is 77.1 Å². The number of nitrogens with zero attached hydrogens (tertiary/aromatic N) is 1. The van der Waals surface area contributed by atoms with Gasteiger partial charge in [0.15, 0.2) is 0 Å². The summed E-state index contributed by atoms with van der Waals surface area (Å²) in [4.78, 5) is 16.9. The summed E-state index contributed by atoms with van der Waals surface area (Å²) < 4.78 is 5.45. The molecule has 0 radical (unpaired) electrons. The molecule has 0 fully saturated rings. The predicted octanol–water partition coefficient (Wildman–Crippen LogP) is 5.40. The van der Waals surface area contributed by atoms with Crippen LogP contribution < -0.4 is 15.4 Å². The highest BCUT2D eigenvalue weighted by Gasteiger charge is 2.11. The van der Waals surface area contributed by atoms with E-state index in [1.54, 1.807) is 18.5 Å². The lowest BCUT2D eigenvalue weighted by Crippen LogP contribution is -2.14. The van der Waals surface area contributed by atoms with Crippen LogP contribution in [0, 0.1) is 20.8 Å². The van der Waals surface area contributed by atoms with Crippen LogP contribution in [0.4, 0.5) is 17.1 Å². The summed E-state index contributed by atoms with van der Waals surface area (Å²) in [5.41, 5.74) is 6.25. The van der Waals surface area contributed by atoms with Crippen molar-refractivity contribution in [1.29, 1.82) is 0 Å². The molecule has 5 heteroatoms. The van der Waals surface area contributed by atoms with Gasteiger partial charge in [-0.25, -0.2) is 0 Å². The van der Waals surface area contributed by atoms with Gasteiger partial charge in [0.05, 0.1) is 24.1 Å². The lowest BCUT2D eigenvalue weighted by Gasteiger charge is -2.13. The molecule has 3 aromatic rings. The topological polar surface area (TPSA) is 63.2 Å². The zero-order valence-electron chi connectivity index (χ0n) is 16.7. The number of aryl methyl sites for hydroxylation is 3. The molecule has 0 spiro atoms. The van der Waals surface area contributed by atoms with Gasteiger partial charge < -0.3 is 15.4 Å². The Balaban J connectivity index is 1.74. The van der Waals surface area contributed by atoms with Crippen molar-refractivity contribution < 1.29 is 9.53 Å². The minimum Gasteiger partial charge on any atom is -0.494 e. The van der Waals surface area contributed by atoms with E-state index in [4.69, 9.17) is 4.74 Å². The highest BCUT2D eigenvalue weighted by molar-refractivity contribution is 6.05. The van der Waals surface area contributed by atoms with E-state index in [9.17, 15) is 4.79 Å². The van der Waals surface area contributed by atoms with Crippen LogP contribution in [0.3, 0.4) is 0 Å². The van der Waals surface area contributed by atoms with E-state index < -0.39 is 0 Å². The van der Waals surface area contributed by atoms with Gasteiger partial charge in [-0.3, -0.25) is 9.78 Å². The number of hydrogen-bond acceptors (Lipinski definition) is 4. The van der Waals surface area contributed by atoms with Gasteiger partial charge in [-0.15, -0.1) is 0 Å². The van der Waals surface area contributed by atoms with E-state index in [0.717, 1.165) is 33.9 Å². The van der Waals surface area contributed by atoms with Gasteiger partial charge in [0.2, 0.25) is 0 Å². The molecule has 1 heterocycles. The number of hydrogen-bond donors (Lipinski definition) is 2. The average Bonchev–Trinajstić information content (AvgIpc) is 2.66. The highest BCUT2D eigenvalue weighted by atomic mass is 16.5. The fourth-order valence-corrected chi connectivity index (χ4v) is 3.16. The smallest absolute Gasteiger partial charge is 0.257 e. The molecule has 2 aromatic carbocycles. The molecule has 2 N–H and O–H groups in total. The van der Waals surface area contributed by atoms with E-state index in [1.807, 2.05) is 52.0 Å². The molecule has 1 aromatic heterocycles. The van der Waals surface area contributed by atoms with E-state index in [-0.39, 0.29) is 5.91 Å². The summed E-state index contributed by atoms with van der Waals surface area (Å²) in [5.74, 6) is 0.640. The first kappa shape index (κ1) is 19.4. The lowest BCUT2D eigenvalue weighted by molar-refractivity contribution is 0.102. The maximum atomic E-state index is 12.7. The molecule has 1 amide bonds. The molecule has 0 saturated carbocycles. The molecule has 144 valence electrons. The van der Waals surface area contributed by atoms with Crippen molar-refractivity contribution in [2.24, 2.45) is 0 Å². The molecule has 0 atom stereocenters. The number of amides is 1. The summed E-state index contributed by atoms with van der Waals surface area (Å²) in [6.07, 6.45) is 3.26. The SMILES string of the molecule is CCOc1ccc(Nc2cncc(C(=O)Nc3c(C)cc(C)cc3C)c2)cc1. The largest absolute Gasteiger partial charge is 0.494 e. The molecule has 5 nitrogen and oxygen atoms in total. The van der Waals surface area contributed by atoms with Gasteiger partial charge in [0.25, 0.3) is 5.91 Å². The molecule has 0 saturated heterocycles. The van der Waals surface area contributed by atoms with Crippen molar-refractivity contribution >= 4 is 23.0 Å². The fourth-order valence-electron chi connectivity index (χ4n) is 3.16. The summed E-state index contributed by atoms with van der Waals surface area (Å²) in [6, 6.07) is 13.6. The monoisotopic (exact) mass is 375 g/mol. The number of rotatable bonds is 6. The molecule has 0 aliphatic carbocycles. The van der Waals surface area contributed by atoms with Gasteiger partial charge in [-0.2, -0.15) is 0 Å². The molecule has 0 aliphatic rings. The molecular formula is C23H25N3O2. The maximum Gasteiger partial charge on any atom is 0.257 e. The Kier molecular flexibility index (Phi) is 5.94. The standard InChI is InChI=1S/C23H25N3O2/c1-5-28-21-8-6-19(7-9-21)25-20-12-18(13-24-14-20)23(27)26-22-16(3)10-15(2)11-17(22)4/h6-14,25H,5H2,1-4H3,(H,26,27). The maximum absolute atomic E-state index is 12.7.